The molecular formula is C13H16ClN3. The maximum Gasteiger partial charge on any atom is 0.133 e. The SMILES string of the molecule is Cc1ccc(Nc2cc(C)ncn2)c(C)c1.Cl. The lowest BCUT2D eigenvalue weighted by Crippen LogP contribution is -1.97. The molecule has 0 saturated carbocycles. The van der Waals surface area contributed by atoms with Crippen molar-refractivity contribution in [1.82, 2.24) is 9.97 Å². The van der Waals surface area contributed by atoms with Gasteiger partial charge in [-0.15, -0.1) is 12.4 Å². The molecule has 3 nitrogen and oxygen atoms in total. The van der Waals surface area contributed by atoms with Gasteiger partial charge in [-0.1, -0.05) is 17.7 Å². The minimum atomic E-state index is 0. The van der Waals surface area contributed by atoms with Crippen molar-refractivity contribution in [3.63, 3.8) is 0 Å². The highest BCUT2D eigenvalue weighted by Crippen LogP contribution is 2.19. The number of rotatable bonds is 2. The monoisotopic (exact) mass is 249 g/mol. The Morgan fingerprint density at radius 1 is 1.00 bits per heavy atom. The van der Waals surface area contributed by atoms with Crippen LogP contribution in [-0.2, 0) is 0 Å². The Kier molecular flexibility index (Phi) is 4.46. The van der Waals surface area contributed by atoms with Crippen LogP contribution in [0.1, 0.15) is 16.8 Å². The summed E-state index contributed by atoms with van der Waals surface area (Å²) in [6.07, 6.45) is 1.57. The van der Waals surface area contributed by atoms with E-state index in [0.29, 0.717) is 0 Å². The van der Waals surface area contributed by atoms with E-state index < -0.39 is 0 Å². The summed E-state index contributed by atoms with van der Waals surface area (Å²) in [4.78, 5) is 8.24. The Hall–Kier alpha value is -1.61. The first kappa shape index (κ1) is 13.5. The van der Waals surface area contributed by atoms with Gasteiger partial charge in [0.15, 0.2) is 0 Å². The van der Waals surface area contributed by atoms with Crippen LogP contribution in [0.25, 0.3) is 0 Å². The molecule has 2 aromatic rings. The van der Waals surface area contributed by atoms with Crippen LogP contribution in [0.2, 0.25) is 0 Å². The Bertz CT molecular complexity index is 512. The molecule has 1 N–H and O–H groups in total. The first-order valence-electron chi connectivity index (χ1n) is 5.28. The molecule has 1 aromatic carbocycles. The van der Waals surface area contributed by atoms with Crippen molar-refractivity contribution in [2.24, 2.45) is 0 Å². The van der Waals surface area contributed by atoms with Crippen LogP contribution in [0, 0.1) is 20.8 Å². The summed E-state index contributed by atoms with van der Waals surface area (Å²) in [6.45, 7) is 6.13. The van der Waals surface area contributed by atoms with Crippen LogP contribution in [0.5, 0.6) is 0 Å². The van der Waals surface area contributed by atoms with Crippen LogP contribution >= 0.6 is 12.4 Å². The predicted molar refractivity (Wildman–Crippen MR) is 73.2 cm³/mol. The zero-order chi connectivity index (χ0) is 11.5. The van der Waals surface area contributed by atoms with Gasteiger partial charge in [0.25, 0.3) is 0 Å². The first-order chi connectivity index (χ1) is 7.65. The zero-order valence-electron chi connectivity index (χ0n) is 10.2. The predicted octanol–water partition coefficient (Wildman–Crippen LogP) is 3.57. The van der Waals surface area contributed by atoms with E-state index >= 15 is 0 Å². The van der Waals surface area contributed by atoms with Gasteiger partial charge in [-0.2, -0.15) is 0 Å². The number of nitrogens with zero attached hydrogens (tertiary/aromatic N) is 2. The summed E-state index contributed by atoms with van der Waals surface area (Å²) in [5, 5.41) is 3.29. The van der Waals surface area contributed by atoms with Crippen molar-refractivity contribution in [2.75, 3.05) is 5.32 Å². The second-order valence-corrected chi connectivity index (χ2v) is 3.99. The smallest absolute Gasteiger partial charge is 0.133 e. The van der Waals surface area contributed by atoms with Gasteiger partial charge in [-0.25, -0.2) is 9.97 Å². The van der Waals surface area contributed by atoms with E-state index in [1.54, 1.807) is 6.33 Å². The summed E-state index contributed by atoms with van der Waals surface area (Å²) in [5.74, 6) is 0.833. The lowest BCUT2D eigenvalue weighted by Gasteiger charge is -2.09. The molecule has 0 atom stereocenters. The Balaban J connectivity index is 0.00000144. The topological polar surface area (TPSA) is 37.8 Å². The fraction of sp³-hybridized carbons (Fsp3) is 0.231. The van der Waals surface area contributed by atoms with Crippen molar-refractivity contribution in [2.45, 2.75) is 20.8 Å². The Morgan fingerprint density at radius 3 is 2.41 bits per heavy atom. The zero-order valence-corrected chi connectivity index (χ0v) is 11.0. The van der Waals surface area contributed by atoms with Gasteiger partial charge in [0.1, 0.15) is 12.1 Å². The molecule has 0 amide bonds. The molecule has 0 unspecified atom stereocenters. The van der Waals surface area contributed by atoms with E-state index in [2.05, 4.69) is 47.3 Å². The molecule has 0 aliphatic rings. The van der Waals surface area contributed by atoms with Crippen molar-refractivity contribution in [3.05, 3.63) is 47.4 Å². The number of nitrogens with one attached hydrogen (secondary N) is 1. The Labute approximate surface area is 108 Å². The van der Waals surface area contributed by atoms with Crippen molar-refractivity contribution in [3.8, 4) is 0 Å². The van der Waals surface area contributed by atoms with Crippen LogP contribution in [0.4, 0.5) is 11.5 Å². The van der Waals surface area contributed by atoms with E-state index in [0.717, 1.165) is 17.2 Å². The number of benzene rings is 1. The molecule has 4 heteroatoms. The van der Waals surface area contributed by atoms with Crippen molar-refractivity contribution < 1.29 is 0 Å². The molecule has 1 heterocycles. The van der Waals surface area contributed by atoms with Crippen molar-refractivity contribution in [1.29, 1.82) is 0 Å². The highest BCUT2D eigenvalue weighted by molar-refractivity contribution is 5.85. The molecular weight excluding hydrogens is 234 g/mol. The maximum atomic E-state index is 4.18. The quantitative estimate of drug-likeness (QED) is 0.884. The number of anilines is 2. The number of hydrogen-bond acceptors (Lipinski definition) is 3. The molecule has 0 bridgehead atoms. The number of aromatic nitrogens is 2. The molecule has 0 fully saturated rings. The third-order valence-electron chi connectivity index (χ3n) is 2.45. The molecule has 0 aliphatic heterocycles. The number of halogens is 1. The molecule has 0 spiro atoms. The van der Waals surface area contributed by atoms with Crippen LogP contribution in [0.3, 0.4) is 0 Å². The van der Waals surface area contributed by atoms with Gasteiger partial charge < -0.3 is 5.32 Å². The summed E-state index contributed by atoms with van der Waals surface area (Å²) in [6, 6.07) is 8.24. The van der Waals surface area contributed by atoms with Gasteiger partial charge in [-0.05, 0) is 32.4 Å². The Morgan fingerprint density at radius 2 is 1.76 bits per heavy atom. The van der Waals surface area contributed by atoms with Gasteiger partial charge in [0.05, 0.1) is 0 Å². The van der Waals surface area contributed by atoms with E-state index in [1.807, 2.05) is 13.0 Å². The van der Waals surface area contributed by atoms with Crippen LogP contribution < -0.4 is 5.32 Å². The van der Waals surface area contributed by atoms with E-state index in [9.17, 15) is 0 Å². The summed E-state index contributed by atoms with van der Waals surface area (Å²) >= 11 is 0. The van der Waals surface area contributed by atoms with Crippen LogP contribution in [0.15, 0.2) is 30.6 Å². The lowest BCUT2D eigenvalue weighted by molar-refractivity contribution is 1.10. The van der Waals surface area contributed by atoms with E-state index in [4.69, 9.17) is 0 Å². The van der Waals surface area contributed by atoms with E-state index in [-0.39, 0.29) is 12.4 Å². The van der Waals surface area contributed by atoms with Gasteiger partial charge in [-0.3, -0.25) is 0 Å². The molecule has 0 saturated heterocycles. The third-order valence-corrected chi connectivity index (χ3v) is 2.45. The molecule has 17 heavy (non-hydrogen) atoms. The first-order valence-corrected chi connectivity index (χ1v) is 5.28. The average Bonchev–Trinajstić information content (AvgIpc) is 2.22. The largest absolute Gasteiger partial charge is 0.340 e. The van der Waals surface area contributed by atoms with Crippen molar-refractivity contribution >= 4 is 23.9 Å². The van der Waals surface area contributed by atoms with Gasteiger partial charge in [0.2, 0.25) is 0 Å². The standard InChI is InChI=1S/C13H15N3.ClH/c1-9-4-5-12(10(2)6-9)16-13-7-11(3)14-8-15-13;/h4-8H,1-3H3,(H,14,15,16);1H. The van der Waals surface area contributed by atoms with Gasteiger partial charge in [0, 0.05) is 17.4 Å². The van der Waals surface area contributed by atoms with Crippen LogP contribution in [-0.4, -0.2) is 9.97 Å². The normalized spacial score (nSPS) is 9.59. The number of hydrogen-bond donors (Lipinski definition) is 1. The summed E-state index contributed by atoms with van der Waals surface area (Å²) in [7, 11) is 0. The lowest BCUT2D eigenvalue weighted by atomic mass is 10.1. The number of aryl methyl sites for hydroxylation is 3. The maximum absolute atomic E-state index is 4.18. The molecule has 2 rings (SSSR count). The van der Waals surface area contributed by atoms with E-state index in [1.165, 1.54) is 11.1 Å². The minimum absolute atomic E-state index is 0. The summed E-state index contributed by atoms with van der Waals surface area (Å²) < 4.78 is 0. The highest BCUT2D eigenvalue weighted by Gasteiger charge is 2.00. The second-order valence-electron chi connectivity index (χ2n) is 3.99. The third kappa shape index (κ3) is 3.43. The highest BCUT2D eigenvalue weighted by atomic mass is 35.5. The minimum Gasteiger partial charge on any atom is -0.340 e. The average molecular weight is 250 g/mol. The molecule has 1 aromatic heterocycles. The fourth-order valence-electron chi connectivity index (χ4n) is 1.61. The van der Waals surface area contributed by atoms with Gasteiger partial charge >= 0.3 is 0 Å². The second kappa shape index (κ2) is 5.64. The molecule has 0 radical (unpaired) electrons. The molecule has 90 valence electrons. The summed E-state index contributed by atoms with van der Waals surface area (Å²) in [5.41, 5.74) is 4.53. The molecule has 0 aliphatic carbocycles. The fourth-order valence-corrected chi connectivity index (χ4v) is 1.61.